The molecule has 1 N–H and O–H groups in total. The van der Waals surface area contributed by atoms with Crippen LogP contribution < -0.4 is 5.32 Å². The molecule has 1 saturated carbocycles. The van der Waals surface area contributed by atoms with Crippen LogP contribution in [0, 0.1) is 5.92 Å². The highest BCUT2D eigenvalue weighted by molar-refractivity contribution is 5.78. The number of nitrogens with one attached hydrogen (secondary N) is 1. The zero-order chi connectivity index (χ0) is 9.84. The number of hydrogen-bond donors (Lipinski definition) is 1. The van der Waals surface area contributed by atoms with Crippen molar-refractivity contribution in [3.05, 3.63) is 0 Å². The highest BCUT2D eigenvalue weighted by atomic mass is 16.2. The molecular formula is C10H20N2O. The van der Waals surface area contributed by atoms with E-state index < -0.39 is 0 Å². The van der Waals surface area contributed by atoms with Gasteiger partial charge in [-0.3, -0.25) is 4.79 Å². The summed E-state index contributed by atoms with van der Waals surface area (Å²) in [6.45, 7) is 5.49. The van der Waals surface area contributed by atoms with E-state index in [1.165, 1.54) is 12.8 Å². The Bertz CT molecular complexity index is 178. The Morgan fingerprint density at radius 3 is 2.69 bits per heavy atom. The van der Waals surface area contributed by atoms with Gasteiger partial charge in [-0.25, -0.2) is 0 Å². The Kier molecular flexibility index (Phi) is 3.72. The quantitative estimate of drug-likeness (QED) is 0.687. The van der Waals surface area contributed by atoms with Crippen molar-refractivity contribution in [1.82, 2.24) is 10.2 Å². The molecule has 0 spiro atoms. The molecule has 1 rings (SSSR count). The Balaban J connectivity index is 2.27. The van der Waals surface area contributed by atoms with E-state index in [4.69, 9.17) is 0 Å². The van der Waals surface area contributed by atoms with E-state index in [2.05, 4.69) is 12.2 Å². The lowest BCUT2D eigenvalue weighted by Crippen LogP contribution is -2.41. The van der Waals surface area contributed by atoms with Gasteiger partial charge in [-0.1, -0.05) is 6.92 Å². The van der Waals surface area contributed by atoms with Crippen molar-refractivity contribution >= 4 is 5.91 Å². The standard InChI is InChI=1S/C10H20N2O/c1-4-11-7-10(13)12(3)8(2)9-5-6-9/h8-9,11H,4-7H2,1-3H3. The van der Waals surface area contributed by atoms with Gasteiger partial charge in [0.25, 0.3) is 0 Å². The van der Waals surface area contributed by atoms with Crippen LogP contribution in [0.2, 0.25) is 0 Å². The monoisotopic (exact) mass is 184 g/mol. The zero-order valence-electron chi connectivity index (χ0n) is 8.84. The highest BCUT2D eigenvalue weighted by Gasteiger charge is 2.31. The molecule has 13 heavy (non-hydrogen) atoms. The molecule has 1 fully saturated rings. The van der Waals surface area contributed by atoms with Crippen molar-refractivity contribution < 1.29 is 4.79 Å². The smallest absolute Gasteiger partial charge is 0.236 e. The van der Waals surface area contributed by atoms with Crippen LogP contribution in [0.4, 0.5) is 0 Å². The predicted molar refractivity (Wildman–Crippen MR) is 53.5 cm³/mol. The molecule has 76 valence electrons. The molecule has 3 heteroatoms. The van der Waals surface area contributed by atoms with Crippen LogP contribution in [0.1, 0.15) is 26.7 Å². The Morgan fingerprint density at radius 1 is 1.62 bits per heavy atom. The second kappa shape index (κ2) is 4.61. The Hall–Kier alpha value is -0.570. The van der Waals surface area contributed by atoms with Crippen molar-refractivity contribution in [2.75, 3.05) is 20.1 Å². The van der Waals surface area contributed by atoms with Crippen LogP contribution >= 0.6 is 0 Å². The lowest BCUT2D eigenvalue weighted by Gasteiger charge is -2.24. The topological polar surface area (TPSA) is 32.3 Å². The lowest BCUT2D eigenvalue weighted by atomic mass is 10.2. The van der Waals surface area contributed by atoms with Crippen LogP contribution in [-0.4, -0.2) is 37.0 Å². The van der Waals surface area contributed by atoms with E-state index in [1.807, 2.05) is 18.9 Å². The SMILES string of the molecule is CCNCC(=O)N(C)C(C)C1CC1. The fourth-order valence-corrected chi connectivity index (χ4v) is 1.48. The van der Waals surface area contributed by atoms with Gasteiger partial charge in [0.1, 0.15) is 0 Å². The molecule has 0 aromatic heterocycles. The second-order valence-corrected chi connectivity index (χ2v) is 3.86. The van der Waals surface area contributed by atoms with Crippen molar-refractivity contribution in [3.8, 4) is 0 Å². The zero-order valence-corrected chi connectivity index (χ0v) is 8.84. The molecule has 0 aromatic carbocycles. The Labute approximate surface area is 80.5 Å². The summed E-state index contributed by atoms with van der Waals surface area (Å²) in [5.74, 6) is 0.969. The second-order valence-electron chi connectivity index (χ2n) is 3.86. The third-order valence-electron chi connectivity index (χ3n) is 2.83. The summed E-state index contributed by atoms with van der Waals surface area (Å²) < 4.78 is 0. The molecule has 1 aliphatic rings. The summed E-state index contributed by atoms with van der Waals surface area (Å²) >= 11 is 0. The van der Waals surface area contributed by atoms with E-state index in [0.29, 0.717) is 12.6 Å². The van der Waals surface area contributed by atoms with E-state index in [1.54, 1.807) is 0 Å². The van der Waals surface area contributed by atoms with Crippen LogP contribution in [0.5, 0.6) is 0 Å². The van der Waals surface area contributed by atoms with Gasteiger partial charge in [0.2, 0.25) is 5.91 Å². The fourth-order valence-electron chi connectivity index (χ4n) is 1.48. The van der Waals surface area contributed by atoms with Crippen molar-refractivity contribution in [2.45, 2.75) is 32.7 Å². The average molecular weight is 184 g/mol. The minimum absolute atomic E-state index is 0.209. The molecule has 0 radical (unpaired) electrons. The van der Waals surface area contributed by atoms with Gasteiger partial charge in [0.15, 0.2) is 0 Å². The number of amides is 1. The van der Waals surface area contributed by atoms with E-state index >= 15 is 0 Å². The lowest BCUT2D eigenvalue weighted by molar-refractivity contribution is -0.131. The fraction of sp³-hybridized carbons (Fsp3) is 0.900. The molecule has 1 unspecified atom stereocenters. The van der Waals surface area contributed by atoms with Crippen LogP contribution in [-0.2, 0) is 4.79 Å². The number of nitrogens with zero attached hydrogens (tertiary/aromatic N) is 1. The van der Waals surface area contributed by atoms with Gasteiger partial charge in [0, 0.05) is 13.1 Å². The minimum atomic E-state index is 0.209. The van der Waals surface area contributed by atoms with Crippen LogP contribution in [0.15, 0.2) is 0 Å². The largest absolute Gasteiger partial charge is 0.342 e. The summed E-state index contributed by atoms with van der Waals surface area (Å²) in [7, 11) is 1.91. The number of hydrogen-bond acceptors (Lipinski definition) is 2. The third-order valence-corrected chi connectivity index (χ3v) is 2.83. The van der Waals surface area contributed by atoms with E-state index in [0.717, 1.165) is 12.5 Å². The first-order valence-electron chi connectivity index (χ1n) is 5.13. The normalized spacial score (nSPS) is 18.4. The summed E-state index contributed by atoms with van der Waals surface area (Å²) in [5.41, 5.74) is 0. The number of carbonyl (C=O) groups is 1. The number of likely N-dealkylation sites (N-methyl/N-ethyl adjacent to an activating group) is 2. The maximum Gasteiger partial charge on any atom is 0.236 e. The van der Waals surface area contributed by atoms with Gasteiger partial charge in [-0.05, 0) is 32.2 Å². The highest BCUT2D eigenvalue weighted by Crippen LogP contribution is 2.34. The molecule has 0 aliphatic heterocycles. The first kappa shape index (κ1) is 10.5. The van der Waals surface area contributed by atoms with Crippen LogP contribution in [0.25, 0.3) is 0 Å². The molecule has 0 bridgehead atoms. The third kappa shape index (κ3) is 2.99. The van der Waals surface area contributed by atoms with E-state index in [-0.39, 0.29) is 5.91 Å². The Morgan fingerprint density at radius 2 is 2.23 bits per heavy atom. The summed E-state index contributed by atoms with van der Waals surface area (Å²) in [6, 6.07) is 0.422. The summed E-state index contributed by atoms with van der Waals surface area (Å²) in [4.78, 5) is 13.4. The predicted octanol–water partition coefficient (Wildman–Crippen LogP) is 0.853. The van der Waals surface area contributed by atoms with Gasteiger partial charge >= 0.3 is 0 Å². The molecule has 0 aromatic rings. The maximum atomic E-state index is 11.5. The maximum absolute atomic E-state index is 11.5. The molecule has 1 aliphatic carbocycles. The summed E-state index contributed by atoms with van der Waals surface area (Å²) in [5, 5.41) is 3.05. The molecule has 1 amide bonds. The molecule has 0 saturated heterocycles. The minimum Gasteiger partial charge on any atom is -0.342 e. The molecule has 3 nitrogen and oxygen atoms in total. The first-order chi connectivity index (χ1) is 6.16. The van der Waals surface area contributed by atoms with Crippen LogP contribution in [0.3, 0.4) is 0 Å². The van der Waals surface area contributed by atoms with Crippen molar-refractivity contribution in [1.29, 1.82) is 0 Å². The van der Waals surface area contributed by atoms with Gasteiger partial charge in [-0.2, -0.15) is 0 Å². The van der Waals surface area contributed by atoms with Crippen molar-refractivity contribution in [2.24, 2.45) is 5.92 Å². The molecule has 1 atom stereocenters. The summed E-state index contributed by atoms with van der Waals surface area (Å²) in [6.07, 6.45) is 2.58. The molecular weight excluding hydrogens is 164 g/mol. The van der Waals surface area contributed by atoms with Gasteiger partial charge in [-0.15, -0.1) is 0 Å². The van der Waals surface area contributed by atoms with Crippen molar-refractivity contribution in [3.63, 3.8) is 0 Å². The number of rotatable bonds is 5. The average Bonchev–Trinajstić information content (AvgIpc) is 2.94. The van der Waals surface area contributed by atoms with Gasteiger partial charge in [0.05, 0.1) is 6.54 Å². The van der Waals surface area contributed by atoms with E-state index in [9.17, 15) is 4.79 Å². The molecule has 0 heterocycles. The first-order valence-corrected chi connectivity index (χ1v) is 5.13. The van der Waals surface area contributed by atoms with Gasteiger partial charge < -0.3 is 10.2 Å². The number of carbonyl (C=O) groups excluding carboxylic acids is 1.